The maximum atomic E-state index is 16.9. The molecule has 4 aliphatic heterocycles. The summed E-state index contributed by atoms with van der Waals surface area (Å²) in [5.74, 6) is -0.181. The van der Waals surface area contributed by atoms with Crippen LogP contribution >= 0.6 is 34.8 Å². The van der Waals surface area contributed by atoms with Gasteiger partial charge in [-0.25, -0.2) is 28.0 Å². The molecule has 28 heteroatoms. The molecule has 0 bridgehead atoms. The van der Waals surface area contributed by atoms with Gasteiger partial charge in [0, 0.05) is 73.3 Å². The molecule has 2 N–H and O–H groups in total. The molecule has 96 heavy (non-hydrogen) atoms. The number of benzene rings is 4. The quantitative estimate of drug-likeness (QED) is 0.134. The molecule has 4 aliphatic rings. The Kier molecular flexibility index (Phi) is 20.5. The van der Waals surface area contributed by atoms with Crippen LogP contribution in [0.5, 0.6) is 23.0 Å². The minimum atomic E-state index is -1.60. The van der Waals surface area contributed by atoms with Gasteiger partial charge in [-0.1, -0.05) is 74.6 Å². The van der Waals surface area contributed by atoms with Crippen LogP contribution in [0.2, 0.25) is 15.1 Å². The smallest absolute Gasteiger partial charge is 0.493 e. The Morgan fingerprint density at radius 2 is 1.06 bits per heavy atom. The van der Waals surface area contributed by atoms with Crippen LogP contribution in [0.25, 0.3) is 44.3 Å². The largest absolute Gasteiger partial charge is 0.497 e. The van der Waals surface area contributed by atoms with Crippen LogP contribution in [0.3, 0.4) is 0 Å². The number of hydrogen-bond donors (Lipinski definition) is 2. The van der Waals surface area contributed by atoms with Crippen molar-refractivity contribution in [3.63, 3.8) is 0 Å². The molecule has 4 aromatic heterocycles. The van der Waals surface area contributed by atoms with Crippen molar-refractivity contribution in [1.82, 2.24) is 38.9 Å². The molecule has 0 spiro atoms. The van der Waals surface area contributed by atoms with E-state index in [1.54, 1.807) is 64.7 Å². The van der Waals surface area contributed by atoms with Crippen molar-refractivity contribution >= 4 is 93.0 Å². The SMILES string of the molecule is COc1cccc(Cl)c1-c1cc2c3c(nc(=O)n2-c2c(C)ccnc2C(C)C)N2CCN(C(=O)OC(C)(C)C)C[C@@H]2COc3c1F.COc1cccc(Cl)c1B(O)O.Cc1ccnc(C(C)C)c1-n1c(=O)nc2c3c(c(F)c(Cl)cc31)OC[C@H]1CN(C(=O)OC(C)(C)C)CCN21. The molecule has 508 valence electrons. The summed E-state index contributed by atoms with van der Waals surface area (Å²) < 4.78 is 69.2. The van der Waals surface area contributed by atoms with Gasteiger partial charge in [-0.15, -0.1) is 0 Å². The zero-order valence-corrected chi connectivity index (χ0v) is 58.1. The lowest BCUT2D eigenvalue weighted by molar-refractivity contribution is 0.0191. The molecular formula is C68H76BCl3F2N10O12. The number of anilines is 2. The van der Waals surface area contributed by atoms with E-state index < -0.39 is 59.6 Å². The number of halogens is 5. The number of methoxy groups -OCH3 is 2. The molecule has 12 rings (SSSR count). The van der Waals surface area contributed by atoms with E-state index in [1.807, 2.05) is 105 Å². The lowest BCUT2D eigenvalue weighted by Crippen LogP contribution is -2.57. The van der Waals surface area contributed by atoms with Crippen molar-refractivity contribution in [1.29, 1.82) is 0 Å². The standard InChI is InChI=1S/C34H37ClFN5O5.C27H31ClFN5O4.C7H8BClO3/c1-18(2)28-29(19(3)11-12-37-28)41-23-15-21(25-22(35)9-8-10-24(25)44-7)27(36)30-26(23)31(38-32(41)42)40-14-13-39(16-20(40)17-45-30)33(43)46-34(4,5)6;1-14(2)21-22(15(3)7-8-30-21)34-18-11-17(28)20(29)23-19(18)24(31-25(34)35)33-10-9-32(12-16(33)13-37-23)26(36)38-27(4,5)6;1-12-6-4-2-3-5(9)7(6)8(10)11/h8-12,15,18,20H,13-14,16-17H2,1-7H3;7-8,11,14,16H,9-10,12-13H2,1-6H3;2-4,10-11H,1H3/t20-;16-;/m11./s1. The van der Waals surface area contributed by atoms with E-state index in [2.05, 4.69) is 19.9 Å². The Morgan fingerprint density at radius 3 is 1.49 bits per heavy atom. The first kappa shape index (κ1) is 70.3. The van der Waals surface area contributed by atoms with Gasteiger partial charge in [-0.05, 0) is 127 Å². The molecule has 4 aromatic carbocycles. The van der Waals surface area contributed by atoms with Crippen molar-refractivity contribution in [3.05, 3.63) is 143 Å². The van der Waals surface area contributed by atoms with Crippen molar-refractivity contribution in [2.24, 2.45) is 0 Å². The number of ether oxygens (including phenoxy) is 6. The summed E-state index contributed by atoms with van der Waals surface area (Å²) in [5, 5.41) is 18.9. The van der Waals surface area contributed by atoms with Gasteiger partial charge in [0.2, 0.25) is 0 Å². The number of amides is 2. The maximum Gasteiger partial charge on any atom is 0.493 e. The van der Waals surface area contributed by atoms with E-state index in [0.29, 0.717) is 99.4 Å². The second-order valence-corrected chi connectivity index (χ2v) is 27.4. The number of pyridine rings is 2. The normalized spacial score (nSPS) is 15.9. The number of fused-ring (bicyclic) bond motifs is 4. The lowest BCUT2D eigenvalue weighted by Gasteiger charge is -2.41. The third-order valence-corrected chi connectivity index (χ3v) is 17.4. The van der Waals surface area contributed by atoms with Gasteiger partial charge in [0.05, 0.1) is 80.9 Å². The lowest BCUT2D eigenvalue weighted by atomic mass is 9.79. The Hall–Kier alpha value is -8.49. The fraction of sp³-hybridized carbons (Fsp3) is 0.412. The van der Waals surface area contributed by atoms with Crippen LogP contribution in [-0.2, 0) is 9.47 Å². The molecule has 2 fully saturated rings. The predicted molar refractivity (Wildman–Crippen MR) is 367 cm³/mol. The van der Waals surface area contributed by atoms with E-state index in [-0.39, 0.29) is 81.8 Å². The number of carbonyl (C=O) groups excluding carboxylic acids is 2. The van der Waals surface area contributed by atoms with Crippen molar-refractivity contribution in [3.8, 4) is 45.5 Å². The molecule has 22 nitrogen and oxygen atoms in total. The molecular weight excluding hydrogens is 1300 g/mol. The molecule has 0 saturated carbocycles. The second kappa shape index (κ2) is 27.9. The minimum Gasteiger partial charge on any atom is -0.497 e. The van der Waals surface area contributed by atoms with Crippen molar-refractivity contribution in [2.75, 3.05) is 76.5 Å². The highest BCUT2D eigenvalue weighted by Crippen LogP contribution is 2.48. The topological polar surface area (TPSA) is 238 Å². The number of hydrogen-bond acceptors (Lipinski definition) is 18. The summed E-state index contributed by atoms with van der Waals surface area (Å²) in [6.45, 7) is 24.6. The van der Waals surface area contributed by atoms with Gasteiger partial charge in [0.25, 0.3) is 0 Å². The summed E-state index contributed by atoms with van der Waals surface area (Å²) in [6.07, 6.45) is 2.53. The van der Waals surface area contributed by atoms with Gasteiger partial charge in [0.15, 0.2) is 23.1 Å². The number of aromatic nitrogens is 6. The summed E-state index contributed by atoms with van der Waals surface area (Å²) in [5.41, 5.74) is 3.22. The summed E-state index contributed by atoms with van der Waals surface area (Å²) in [7, 11) is 1.32. The van der Waals surface area contributed by atoms with E-state index in [0.717, 1.165) is 11.1 Å². The molecule has 8 aromatic rings. The Bertz CT molecular complexity index is 4470. The average Bonchev–Trinajstić information content (AvgIpc) is 1.16. The van der Waals surface area contributed by atoms with Crippen LogP contribution in [-0.4, -0.2) is 158 Å². The molecule has 2 amide bonds. The average molecular weight is 1380 g/mol. The van der Waals surface area contributed by atoms with Gasteiger partial charge in [0.1, 0.15) is 47.6 Å². The molecule has 0 aliphatic carbocycles. The minimum absolute atomic E-state index is 0.0131. The predicted octanol–water partition coefficient (Wildman–Crippen LogP) is 11.4. The van der Waals surface area contributed by atoms with Crippen LogP contribution in [0.4, 0.5) is 30.0 Å². The first-order chi connectivity index (χ1) is 45.3. The molecule has 2 atom stereocenters. The highest BCUT2D eigenvalue weighted by Gasteiger charge is 2.41. The third-order valence-electron chi connectivity index (χ3n) is 16.5. The highest BCUT2D eigenvalue weighted by atomic mass is 35.5. The third kappa shape index (κ3) is 13.9. The highest BCUT2D eigenvalue weighted by molar-refractivity contribution is 6.63. The van der Waals surface area contributed by atoms with E-state index >= 15 is 8.78 Å². The molecule has 0 unspecified atom stereocenters. The fourth-order valence-corrected chi connectivity index (χ4v) is 13.0. The maximum absolute atomic E-state index is 16.9. The van der Waals surface area contributed by atoms with E-state index in [9.17, 15) is 19.2 Å². The Balaban J connectivity index is 0.000000180. The van der Waals surface area contributed by atoms with Crippen LogP contribution < -0.4 is 45.6 Å². The Labute approximate surface area is 569 Å². The number of piperazine rings is 2. The van der Waals surface area contributed by atoms with E-state index in [4.69, 9.17) is 73.3 Å². The van der Waals surface area contributed by atoms with Gasteiger partial charge in [-0.2, -0.15) is 9.97 Å². The van der Waals surface area contributed by atoms with Crippen molar-refractivity contribution < 1.29 is 56.8 Å². The Morgan fingerprint density at radius 1 is 0.625 bits per heavy atom. The summed E-state index contributed by atoms with van der Waals surface area (Å²) >= 11 is 18.7. The van der Waals surface area contributed by atoms with Crippen LogP contribution in [0, 0.1) is 25.5 Å². The first-order valence-electron chi connectivity index (χ1n) is 31.3. The van der Waals surface area contributed by atoms with Crippen LogP contribution in [0.15, 0.2) is 82.6 Å². The first-order valence-corrected chi connectivity index (χ1v) is 32.4. The number of carbonyl (C=O) groups is 2. The van der Waals surface area contributed by atoms with Gasteiger partial charge < -0.3 is 58.1 Å². The summed E-state index contributed by atoms with van der Waals surface area (Å²) in [4.78, 5) is 79.0. The zero-order valence-electron chi connectivity index (χ0n) is 55.8. The number of rotatable bonds is 8. The van der Waals surface area contributed by atoms with E-state index in [1.165, 1.54) is 29.4 Å². The van der Waals surface area contributed by atoms with Gasteiger partial charge >= 0.3 is 30.7 Å². The molecule has 8 heterocycles. The van der Waals surface area contributed by atoms with Crippen molar-refractivity contribution in [2.45, 2.75) is 118 Å². The number of nitrogens with zero attached hydrogens (tertiary/aromatic N) is 10. The second-order valence-electron chi connectivity index (χ2n) is 26.2. The van der Waals surface area contributed by atoms with Crippen LogP contribution in [0.1, 0.15) is 104 Å². The molecule has 2 saturated heterocycles. The molecule has 0 radical (unpaired) electrons. The zero-order chi connectivity index (χ0) is 69.7. The summed E-state index contributed by atoms with van der Waals surface area (Å²) in [6, 6.07) is 15.8. The number of aryl methyl sites for hydroxylation is 2. The van der Waals surface area contributed by atoms with Gasteiger partial charge in [-0.3, -0.25) is 19.1 Å². The monoisotopic (exact) mass is 1380 g/mol. The fourth-order valence-electron chi connectivity index (χ4n) is 12.2.